The van der Waals surface area contributed by atoms with E-state index < -0.39 is 0 Å². The molecule has 0 atom stereocenters. The van der Waals surface area contributed by atoms with Gasteiger partial charge < -0.3 is 4.74 Å². The van der Waals surface area contributed by atoms with Gasteiger partial charge in [-0.05, 0) is 29.5 Å². The number of hydrogen-bond donors (Lipinski definition) is 0. The van der Waals surface area contributed by atoms with E-state index in [4.69, 9.17) is 4.74 Å². The zero-order valence-electron chi connectivity index (χ0n) is 11.9. The standard InChI is InChI=1S/C19H22O/c1-3-9-16(10-4-1)19-14-8-7-11-17(19)15-20-18-12-5-2-6-13-18/h1,3-4,7-11,14,18H,2,5-6,12-13,15H2. The third-order valence-electron chi connectivity index (χ3n) is 4.13. The van der Waals surface area contributed by atoms with E-state index in [1.54, 1.807) is 0 Å². The number of rotatable bonds is 4. The van der Waals surface area contributed by atoms with Gasteiger partial charge in [0.25, 0.3) is 0 Å². The van der Waals surface area contributed by atoms with Crippen LogP contribution in [0.3, 0.4) is 0 Å². The molecule has 1 saturated carbocycles. The quantitative estimate of drug-likeness (QED) is 0.738. The first-order chi connectivity index (χ1) is 9.93. The highest BCUT2D eigenvalue weighted by Gasteiger charge is 2.14. The topological polar surface area (TPSA) is 9.23 Å². The first-order valence-corrected chi connectivity index (χ1v) is 7.68. The Labute approximate surface area is 121 Å². The summed E-state index contributed by atoms with van der Waals surface area (Å²) in [6.45, 7) is 0.732. The average molecular weight is 266 g/mol. The molecule has 0 unspecified atom stereocenters. The summed E-state index contributed by atoms with van der Waals surface area (Å²) in [7, 11) is 0. The molecule has 2 aromatic carbocycles. The van der Waals surface area contributed by atoms with Crippen LogP contribution in [0.15, 0.2) is 54.6 Å². The van der Waals surface area contributed by atoms with E-state index in [0.29, 0.717) is 6.10 Å². The molecule has 0 amide bonds. The van der Waals surface area contributed by atoms with Gasteiger partial charge in [-0.3, -0.25) is 0 Å². The Balaban J connectivity index is 1.73. The Morgan fingerprint density at radius 3 is 2.30 bits per heavy atom. The minimum absolute atomic E-state index is 0.465. The molecule has 1 aliphatic carbocycles. The van der Waals surface area contributed by atoms with Crippen molar-refractivity contribution in [2.75, 3.05) is 0 Å². The molecule has 0 heterocycles. The van der Waals surface area contributed by atoms with Crippen molar-refractivity contribution in [2.45, 2.75) is 44.8 Å². The highest BCUT2D eigenvalue weighted by molar-refractivity contribution is 5.66. The molecule has 0 saturated heterocycles. The fourth-order valence-electron chi connectivity index (χ4n) is 2.98. The van der Waals surface area contributed by atoms with Crippen LogP contribution >= 0.6 is 0 Å². The third-order valence-corrected chi connectivity index (χ3v) is 4.13. The zero-order chi connectivity index (χ0) is 13.6. The Morgan fingerprint density at radius 1 is 0.800 bits per heavy atom. The van der Waals surface area contributed by atoms with Crippen molar-refractivity contribution in [1.29, 1.82) is 0 Å². The lowest BCUT2D eigenvalue weighted by molar-refractivity contribution is 0.0171. The predicted octanol–water partition coefficient (Wildman–Crippen LogP) is 5.20. The monoisotopic (exact) mass is 266 g/mol. The van der Waals surface area contributed by atoms with Crippen LogP contribution in [0.5, 0.6) is 0 Å². The molecule has 1 nitrogen and oxygen atoms in total. The maximum absolute atomic E-state index is 6.13. The summed E-state index contributed by atoms with van der Waals surface area (Å²) < 4.78 is 6.13. The lowest BCUT2D eigenvalue weighted by atomic mass is 9.97. The van der Waals surface area contributed by atoms with Crippen molar-refractivity contribution < 1.29 is 4.74 Å². The average Bonchev–Trinajstić information content (AvgIpc) is 2.55. The molecule has 0 radical (unpaired) electrons. The second kappa shape index (κ2) is 6.71. The van der Waals surface area contributed by atoms with Gasteiger partial charge in [0, 0.05) is 0 Å². The summed E-state index contributed by atoms with van der Waals surface area (Å²) in [6, 6.07) is 19.2. The van der Waals surface area contributed by atoms with E-state index in [1.165, 1.54) is 48.8 Å². The van der Waals surface area contributed by atoms with Gasteiger partial charge in [-0.25, -0.2) is 0 Å². The van der Waals surface area contributed by atoms with Crippen LogP contribution < -0.4 is 0 Å². The molecule has 104 valence electrons. The fourth-order valence-corrected chi connectivity index (χ4v) is 2.98. The third kappa shape index (κ3) is 3.29. The molecule has 2 aromatic rings. The van der Waals surface area contributed by atoms with Crippen LogP contribution in [-0.4, -0.2) is 6.10 Å². The van der Waals surface area contributed by atoms with Gasteiger partial charge in [-0.2, -0.15) is 0 Å². The second-order valence-corrected chi connectivity index (χ2v) is 5.59. The van der Waals surface area contributed by atoms with Gasteiger partial charge in [0.05, 0.1) is 12.7 Å². The first kappa shape index (κ1) is 13.4. The van der Waals surface area contributed by atoms with Crippen molar-refractivity contribution in [3.05, 3.63) is 60.2 Å². The fraction of sp³-hybridized carbons (Fsp3) is 0.368. The van der Waals surface area contributed by atoms with Gasteiger partial charge in [-0.15, -0.1) is 0 Å². The molecule has 0 aromatic heterocycles. The molecule has 1 heteroatoms. The Morgan fingerprint density at radius 2 is 1.50 bits per heavy atom. The lowest BCUT2D eigenvalue weighted by Crippen LogP contribution is -2.16. The number of ether oxygens (including phenoxy) is 1. The molecule has 1 fully saturated rings. The molecule has 20 heavy (non-hydrogen) atoms. The van der Waals surface area contributed by atoms with Gasteiger partial charge in [0.15, 0.2) is 0 Å². The molecular weight excluding hydrogens is 244 g/mol. The van der Waals surface area contributed by atoms with Crippen LogP contribution in [0, 0.1) is 0 Å². The van der Waals surface area contributed by atoms with E-state index >= 15 is 0 Å². The van der Waals surface area contributed by atoms with Crippen LogP contribution in [-0.2, 0) is 11.3 Å². The molecule has 3 rings (SSSR count). The minimum atomic E-state index is 0.465. The maximum atomic E-state index is 6.13. The lowest BCUT2D eigenvalue weighted by Gasteiger charge is -2.22. The smallest absolute Gasteiger partial charge is 0.0726 e. The van der Waals surface area contributed by atoms with Crippen molar-refractivity contribution >= 4 is 0 Å². The van der Waals surface area contributed by atoms with Crippen LogP contribution in [0.25, 0.3) is 11.1 Å². The zero-order valence-corrected chi connectivity index (χ0v) is 11.9. The number of hydrogen-bond acceptors (Lipinski definition) is 1. The van der Waals surface area contributed by atoms with Gasteiger partial charge in [-0.1, -0.05) is 73.9 Å². The van der Waals surface area contributed by atoms with Crippen LogP contribution in [0.1, 0.15) is 37.7 Å². The van der Waals surface area contributed by atoms with Gasteiger partial charge >= 0.3 is 0 Å². The van der Waals surface area contributed by atoms with Crippen molar-refractivity contribution in [3.63, 3.8) is 0 Å². The number of benzene rings is 2. The molecule has 1 aliphatic rings. The highest BCUT2D eigenvalue weighted by Crippen LogP contribution is 2.26. The Hall–Kier alpha value is -1.60. The highest BCUT2D eigenvalue weighted by atomic mass is 16.5. The van der Waals surface area contributed by atoms with Crippen molar-refractivity contribution in [2.24, 2.45) is 0 Å². The van der Waals surface area contributed by atoms with Crippen LogP contribution in [0.4, 0.5) is 0 Å². The SMILES string of the molecule is c1ccc(-c2ccccc2COC2CCCCC2)cc1. The van der Waals surface area contributed by atoms with E-state index in [9.17, 15) is 0 Å². The summed E-state index contributed by atoms with van der Waals surface area (Å²) in [6.07, 6.45) is 6.95. The van der Waals surface area contributed by atoms with E-state index in [-0.39, 0.29) is 0 Å². The largest absolute Gasteiger partial charge is 0.374 e. The predicted molar refractivity (Wildman–Crippen MR) is 83.5 cm³/mol. The molecule has 0 spiro atoms. The van der Waals surface area contributed by atoms with E-state index in [2.05, 4.69) is 54.6 Å². The second-order valence-electron chi connectivity index (χ2n) is 5.59. The summed E-state index contributed by atoms with van der Waals surface area (Å²) in [5.41, 5.74) is 3.86. The maximum Gasteiger partial charge on any atom is 0.0726 e. The van der Waals surface area contributed by atoms with Crippen LogP contribution in [0.2, 0.25) is 0 Å². The molecule has 0 N–H and O–H groups in total. The summed E-state index contributed by atoms with van der Waals surface area (Å²) in [5, 5.41) is 0. The first-order valence-electron chi connectivity index (χ1n) is 7.68. The van der Waals surface area contributed by atoms with E-state index in [1.807, 2.05) is 0 Å². The summed E-state index contributed by atoms with van der Waals surface area (Å²) >= 11 is 0. The Kier molecular flexibility index (Phi) is 4.49. The van der Waals surface area contributed by atoms with Crippen molar-refractivity contribution in [1.82, 2.24) is 0 Å². The summed E-state index contributed by atoms with van der Waals surface area (Å²) in [4.78, 5) is 0. The van der Waals surface area contributed by atoms with Crippen molar-refractivity contribution in [3.8, 4) is 11.1 Å². The normalized spacial score (nSPS) is 16.2. The van der Waals surface area contributed by atoms with E-state index in [0.717, 1.165) is 6.61 Å². The molecule has 0 aliphatic heterocycles. The summed E-state index contributed by atoms with van der Waals surface area (Å²) in [5.74, 6) is 0. The van der Waals surface area contributed by atoms with Gasteiger partial charge in [0.1, 0.15) is 0 Å². The molecular formula is C19H22O. The Bertz CT molecular complexity index is 526. The minimum Gasteiger partial charge on any atom is -0.374 e. The molecule has 0 bridgehead atoms. The van der Waals surface area contributed by atoms with Gasteiger partial charge in [0.2, 0.25) is 0 Å².